The van der Waals surface area contributed by atoms with E-state index in [9.17, 15) is 4.79 Å². The van der Waals surface area contributed by atoms with Crippen molar-refractivity contribution in [1.29, 1.82) is 0 Å². The molecule has 1 amide bonds. The average Bonchev–Trinajstić information content (AvgIpc) is 3.40. The second-order valence-corrected chi connectivity index (χ2v) is 6.80. The van der Waals surface area contributed by atoms with Gasteiger partial charge in [-0.2, -0.15) is 0 Å². The molecule has 0 unspecified atom stereocenters. The zero-order valence-corrected chi connectivity index (χ0v) is 16.1. The van der Waals surface area contributed by atoms with Crippen LogP contribution in [-0.4, -0.2) is 35.0 Å². The van der Waals surface area contributed by atoms with E-state index in [1.165, 1.54) is 0 Å². The summed E-state index contributed by atoms with van der Waals surface area (Å²) in [5.41, 5.74) is 4.44. The molecule has 0 spiro atoms. The quantitative estimate of drug-likeness (QED) is 0.503. The number of hydrogen-bond acceptors (Lipinski definition) is 5. The Kier molecular flexibility index (Phi) is 4.29. The number of amides is 1. The number of benzene rings is 1. The van der Waals surface area contributed by atoms with Gasteiger partial charge in [0.25, 0.3) is 5.91 Å². The standard InChI is InChI=1S/C22H17N7O/c1-28-14-25-27-21(28)16-5-4-6-17(11-16)26-22(30)18-12-15(8-9-23-18)19-13-24-20-7-2-3-10-29(19)20/h2-14H,1H3,(H,26,30). The Balaban J connectivity index is 1.43. The van der Waals surface area contributed by atoms with Gasteiger partial charge in [0, 0.05) is 36.3 Å². The molecule has 8 nitrogen and oxygen atoms in total. The van der Waals surface area contributed by atoms with Crippen LogP contribution in [0.1, 0.15) is 10.5 Å². The first kappa shape index (κ1) is 17.7. The number of carbonyl (C=O) groups excluding carboxylic acids is 1. The number of carbonyl (C=O) groups is 1. The van der Waals surface area contributed by atoms with Crippen molar-refractivity contribution in [3.8, 4) is 22.6 Å². The first-order valence-electron chi connectivity index (χ1n) is 9.33. The van der Waals surface area contributed by atoms with Crippen LogP contribution >= 0.6 is 0 Å². The van der Waals surface area contributed by atoms with Crippen molar-refractivity contribution in [2.45, 2.75) is 0 Å². The van der Waals surface area contributed by atoms with Gasteiger partial charge in [0.1, 0.15) is 17.7 Å². The molecule has 0 atom stereocenters. The molecule has 30 heavy (non-hydrogen) atoms. The highest BCUT2D eigenvalue weighted by molar-refractivity contribution is 6.03. The van der Waals surface area contributed by atoms with Crippen LogP contribution in [0.25, 0.3) is 28.3 Å². The lowest BCUT2D eigenvalue weighted by Crippen LogP contribution is -2.13. The average molecular weight is 395 g/mol. The maximum atomic E-state index is 12.8. The maximum absolute atomic E-state index is 12.8. The number of fused-ring (bicyclic) bond motifs is 1. The highest BCUT2D eigenvalue weighted by atomic mass is 16.1. The van der Waals surface area contributed by atoms with Crippen LogP contribution < -0.4 is 5.32 Å². The summed E-state index contributed by atoms with van der Waals surface area (Å²) in [7, 11) is 1.87. The number of aryl methyl sites for hydroxylation is 1. The number of aromatic nitrogens is 6. The Morgan fingerprint density at radius 3 is 2.80 bits per heavy atom. The largest absolute Gasteiger partial charge is 0.321 e. The molecule has 0 aliphatic carbocycles. The van der Waals surface area contributed by atoms with Crippen molar-refractivity contribution in [1.82, 2.24) is 29.1 Å². The minimum absolute atomic E-state index is 0.291. The SMILES string of the molecule is Cn1cnnc1-c1cccc(NC(=O)c2cc(-c3cnc4ccccn34)ccn2)c1. The van der Waals surface area contributed by atoms with Gasteiger partial charge in [0.15, 0.2) is 5.82 Å². The van der Waals surface area contributed by atoms with Crippen LogP contribution in [0, 0.1) is 0 Å². The molecule has 0 aliphatic rings. The number of nitrogens with zero attached hydrogens (tertiary/aromatic N) is 6. The minimum atomic E-state index is -0.291. The topological polar surface area (TPSA) is 90.0 Å². The van der Waals surface area contributed by atoms with Crippen molar-refractivity contribution in [3.63, 3.8) is 0 Å². The number of nitrogens with one attached hydrogen (secondary N) is 1. The lowest BCUT2D eigenvalue weighted by Gasteiger charge is -2.08. The molecule has 0 bridgehead atoms. The molecule has 1 N–H and O–H groups in total. The van der Waals surface area contributed by atoms with Gasteiger partial charge in [-0.3, -0.25) is 14.2 Å². The Morgan fingerprint density at radius 1 is 1.00 bits per heavy atom. The summed E-state index contributed by atoms with van der Waals surface area (Å²) < 4.78 is 3.79. The predicted octanol–water partition coefficient (Wildman–Crippen LogP) is 3.44. The van der Waals surface area contributed by atoms with Crippen LogP contribution in [0.5, 0.6) is 0 Å². The van der Waals surface area contributed by atoms with Gasteiger partial charge in [0.2, 0.25) is 0 Å². The van der Waals surface area contributed by atoms with Gasteiger partial charge in [-0.25, -0.2) is 4.98 Å². The predicted molar refractivity (Wildman–Crippen MR) is 113 cm³/mol. The van der Waals surface area contributed by atoms with Gasteiger partial charge in [-0.1, -0.05) is 18.2 Å². The summed E-state index contributed by atoms with van der Waals surface area (Å²) >= 11 is 0. The molecule has 1 aromatic carbocycles. The van der Waals surface area contributed by atoms with Crippen LogP contribution in [0.15, 0.2) is 79.5 Å². The number of imidazole rings is 1. The fraction of sp³-hybridized carbons (Fsp3) is 0.0455. The number of pyridine rings is 2. The van der Waals surface area contributed by atoms with Crippen molar-refractivity contribution >= 4 is 17.2 Å². The zero-order chi connectivity index (χ0) is 20.5. The molecule has 0 saturated carbocycles. The summed E-state index contributed by atoms with van der Waals surface area (Å²) in [4.78, 5) is 21.5. The number of rotatable bonds is 4. The fourth-order valence-electron chi connectivity index (χ4n) is 3.34. The van der Waals surface area contributed by atoms with Crippen molar-refractivity contribution in [3.05, 3.63) is 85.2 Å². The first-order valence-corrected chi connectivity index (χ1v) is 9.33. The van der Waals surface area contributed by atoms with Crippen molar-refractivity contribution < 1.29 is 4.79 Å². The molecule has 0 radical (unpaired) electrons. The zero-order valence-electron chi connectivity index (χ0n) is 16.1. The third-order valence-corrected chi connectivity index (χ3v) is 4.80. The molecule has 5 aromatic rings. The van der Waals surface area contributed by atoms with E-state index in [-0.39, 0.29) is 5.91 Å². The summed E-state index contributed by atoms with van der Waals surface area (Å²) in [6.07, 6.45) is 6.99. The summed E-state index contributed by atoms with van der Waals surface area (Å²) in [6, 6.07) is 16.9. The van der Waals surface area contributed by atoms with Crippen LogP contribution in [0.2, 0.25) is 0 Å². The Labute approximate surface area is 171 Å². The molecule has 0 aliphatic heterocycles. The first-order chi connectivity index (χ1) is 14.7. The lowest BCUT2D eigenvalue weighted by molar-refractivity contribution is 0.102. The Hall–Kier alpha value is -4.33. The molecule has 0 fully saturated rings. The fourth-order valence-corrected chi connectivity index (χ4v) is 3.34. The molecule has 4 aromatic heterocycles. The number of anilines is 1. The highest BCUT2D eigenvalue weighted by Gasteiger charge is 2.13. The monoisotopic (exact) mass is 395 g/mol. The van der Waals surface area contributed by atoms with E-state index < -0.39 is 0 Å². The van der Waals surface area contributed by atoms with Gasteiger partial charge < -0.3 is 9.88 Å². The Bertz CT molecular complexity index is 1370. The van der Waals surface area contributed by atoms with Gasteiger partial charge in [-0.15, -0.1) is 10.2 Å². The molecule has 146 valence electrons. The van der Waals surface area contributed by atoms with E-state index in [0.29, 0.717) is 11.4 Å². The van der Waals surface area contributed by atoms with E-state index in [1.54, 1.807) is 24.8 Å². The normalized spacial score (nSPS) is 11.0. The molecule has 8 heteroatoms. The second kappa shape index (κ2) is 7.25. The Morgan fingerprint density at radius 2 is 1.93 bits per heavy atom. The van der Waals surface area contributed by atoms with Crippen LogP contribution in [0.3, 0.4) is 0 Å². The molecular weight excluding hydrogens is 378 g/mol. The van der Waals surface area contributed by atoms with Gasteiger partial charge in [-0.05, 0) is 36.4 Å². The van der Waals surface area contributed by atoms with Crippen LogP contribution in [0.4, 0.5) is 5.69 Å². The molecule has 5 rings (SSSR count). The van der Waals surface area contributed by atoms with Crippen molar-refractivity contribution in [2.24, 2.45) is 7.05 Å². The minimum Gasteiger partial charge on any atom is -0.321 e. The smallest absolute Gasteiger partial charge is 0.274 e. The van der Waals surface area contributed by atoms with E-state index in [0.717, 1.165) is 28.3 Å². The van der Waals surface area contributed by atoms with Gasteiger partial charge >= 0.3 is 0 Å². The summed E-state index contributed by atoms with van der Waals surface area (Å²) in [5, 5.41) is 10.9. The molecular formula is C22H17N7O. The third kappa shape index (κ3) is 3.20. The van der Waals surface area contributed by atoms with Gasteiger partial charge in [0.05, 0.1) is 11.9 Å². The maximum Gasteiger partial charge on any atom is 0.274 e. The summed E-state index contributed by atoms with van der Waals surface area (Å²) in [6.45, 7) is 0. The molecule has 0 saturated heterocycles. The van der Waals surface area contributed by atoms with Crippen LogP contribution in [-0.2, 0) is 7.05 Å². The highest BCUT2D eigenvalue weighted by Crippen LogP contribution is 2.23. The van der Waals surface area contributed by atoms with E-state index in [2.05, 4.69) is 25.5 Å². The number of hydrogen-bond donors (Lipinski definition) is 1. The van der Waals surface area contributed by atoms with E-state index in [1.807, 2.05) is 70.7 Å². The van der Waals surface area contributed by atoms with E-state index in [4.69, 9.17) is 0 Å². The second-order valence-electron chi connectivity index (χ2n) is 6.80. The molecule has 4 heterocycles. The summed E-state index contributed by atoms with van der Waals surface area (Å²) in [5.74, 6) is 0.430. The lowest BCUT2D eigenvalue weighted by atomic mass is 10.1. The van der Waals surface area contributed by atoms with E-state index >= 15 is 0 Å². The van der Waals surface area contributed by atoms with Crippen molar-refractivity contribution in [2.75, 3.05) is 5.32 Å². The third-order valence-electron chi connectivity index (χ3n) is 4.80.